The zero-order valence-corrected chi connectivity index (χ0v) is 16.6. The van der Waals surface area contributed by atoms with Crippen LogP contribution in [0.4, 0.5) is 17.6 Å². The Morgan fingerprint density at radius 1 is 0.406 bits per heavy atom. The highest BCUT2D eigenvalue weighted by molar-refractivity contribution is 6.16. The van der Waals surface area contributed by atoms with E-state index in [-0.39, 0.29) is 22.6 Å². The summed E-state index contributed by atoms with van der Waals surface area (Å²) in [5.41, 5.74) is -0.200. The summed E-state index contributed by atoms with van der Waals surface area (Å²) in [5, 5.41) is 8.22. The van der Waals surface area contributed by atoms with Crippen molar-refractivity contribution in [1.29, 1.82) is 0 Å². The SMILES string of the molecule is Fc1cccc(F)c1/C(=N\N=C(/c1ccccc1)c1c(F)cccc1F)c1ccccc1. The van der Waals surface area contributed by atoms with Gasteiger partial charge in [-0.3, -0.25) is 0 Å². The average molecular weight is 432 g/mol. The molecule has 0 aliphatic heterocycles. The Morgan fingerprint density at radius 2 is 0.719 bits per heavy atom. The molecule has 6 heteroatoms. The molecule has 158 valence electrons. The van der Waals surface area contributed by atoms with Crippen molar-refractivity contribution in [3.8, 4) is 0 Å². The van der Waals surface area contributed by atoms with Crippen LogP contribution in [0, 0.1) is 23.3 Å². The van der Waals surface area contributed by atoms with Gasteiger partial charge in [-0.1, -0.05) is 72.8 Å². The van der Waals surface area contributed by atoms with Gasteiger partial charge in [-0.2, -0.15) is 0 Å². The Bertz CT molecular complexity index is 1160. The van der Waals surface area contributed by atoms with Gasteiger partial charge in [0.1, 0.15) is 34.7 Å². The number of rotatable bonds is 5. The molecule has 0 saturated heterocycles. The van der Waals surface area contributed by atoms with E-state index >= 15 is 0 Å². The van der Waals surface area contributed by atoms with E-state index in [0.717, 1.165) is 24.3 Å². The fraction of sp³-hybridized carbons (Fsp3) is 0. The van der Waals surface area contributed by atoms with Crippen molar-refractivity contribution in [2.45, 2.75) is 0 Å². The first-order valence-electron chi connectivity index (χ1n) is 9.71. The van der Waals surface area contributed by atoms with Gasteiger partial charge >= 0.3 is 0 Å². The third-order valence-corrected chi connectivity index (χ3v) is 4.74. The molecule has 0 spiro atoms. The lowest BCUT2D eigenvalue weighted by Crippen LogP contribution is -2.11. The molecular formula is C26H16F4N2. The normalized spacial score (nSPS) is 12.1. The molecule has 0 atom stereocenters. The summed E-state index contributed by atoms with van der Waals surface area (Å²) in [5.74, 6) is -3.33. The first-order chi connectivity index (χ1) is 15.6. The van der Waals surface area contributed by atoms with E-state index in [9.17, 15) is 17.6 Å². The first kappa shape index (κ1) is 21.2. The van der Waals surface area contributed by atoms with Crippen molar-refractivity contribution < 1.29 is 17.6 Å². The van der Waals surface area contributed by atoms with Crippen LogP contribution in [-0.4, -0.2) is 11.4 Å². The molecule has 0 unspecified atom stereocenters. The smallest absolute Gasteiger partial charge is 0.135 e. The minimum Gasteiger partial charge on any atom is -0.206 e. The third kappa shape index (κ3) is 4.34. The molecule has 4 rings (SSSR count). The molecule has 4 aromatic rings. The van der Waals surface area contributed by atoms with Crippen molar-refractivity contribution in [1.82, 2.24) is 0 Å². The Morgan fingerprint density at radius 3 is 1.03 bits per heavy atom. The maximum absolute atomic E-state index is 14.6. The van der Waals surface area contributed by atoms with Crippen LogP contribution in [0.15, 0.2) is 107 Å². The van der Waals surface area contributed by atoms with Crippen LogP contribution in [0.1, 0.15) is 22.3 Å². The quantitative estimate of drug-likeness (QED) is 0.195. The maximum Gasteiger partial charge on any atom is 0.135 e. The fourth-order valence-electron chi connectivity index (χ4n) is 3.24. The lowest BCUT2D eigenvalue weighted by Gasteiger charge is -2.10. The van der Waals surface area contributed by atoms with Gasteiger partial charge in [0, 0.05) is 11.1 Å². The van der Waals surface area contributed by atoms with Crippen molar-refractivity contribution in [2.75, 3.05) is 0 Å². The number of hydrogen-bond acceptors (Lipinski definition) is 2. The summed E-state index contributed by atoms with van der Waals surface area (Å²) in [6.45, 7) is 0. The number of benzene rings is 4. The predicted molar refractivity (Wildman–Crippen MR) is 117 cm³/mol. The molecule has 0 aliphatic rings. The van der Waals surface area contributed by atoms with Gasteiger partial charge in [0.15, 0.2) is 0 Å². The monoisotopic (exact) mass is 432 g/mol. The van der Waals surface area contributed by atoms with E-state index < -0.39 is 23.3 Å². The molecule has 0 saturated carbocycles. The van der Waals surface area contributed by atoms with Crippen LogP contribution < -0.4 is 0 Å². The van der Waals surface area contributed by atoms with Gasteiger partial charge in [-0.15, -0.1) is 10.2 Å². The molecule has 0 aromatic heterocycles. The van der Waals surface area contributed by atoms with Crippen molar-refractivity contribution in [2.24, 2.45) is 10.2 Å². The summed E-state index contributed by atoms with van der Waals surface area (Å²) < 4.78 is 58.4. The van der Waals surface area contributed by atoms with Gasteiger partial charge in [0.05, 0.1) is 11.1 Å². The number of hydrogen-bond donors (Lipinski definition) is 0. The van der Waals surface area contributed by atoms with Gasteiger partial charge in [0.25, 0.3) is 0 Å². The highest BCUT2D eigenvalue weighted by Gasteiger charge is 2.20. The summed E-state index contributed by atoms with van der Waals surface area (Å²) in [6, 6.07) is 23.6. The van der Waals surface area contributed by atoms with E-state index in [0.29, 0.717) is 11.1 Å². The standard InChI is InChI=1S/C26H16F4N2/c27-19-13-7-14-20(28)23(19)25(17-9-3-1-4-10-17)31-32-26(18-11-5-2-6-12-18)24-21(29)15-8-16-22(24)30/h1-16H/b31-25-,32-26+. The molecule has 0 N–H and O–H groups in total. The third-order valence-electron chi connectivity index (χ3n) is 4.74. The minimum absolute atomic E-state index is 0.105. The second kappa shape index (κ2) is 9.39. The van der Waals surface area contributed by atoms with E-state index in [1.54, 1.807) is 60.7 Å². The zero-order chi connectivity index (χ0) is 22.5. The van der Waals surface area contributed by atoms with Crippen LogP contribution in [0.25, 0.3) is 0 Å². The molecule has 4 aromatic carbocycles. The second-order valence-electron chi connectivity index (χ2n) is 6.82. The summed E-state index contributed by atoms with van der Waals surface area (Å²) in [6.07, 6.45) is 0. The molecule has 0 heterocycles. The number of halogens is 4. The van der Waals surface area contributed by atoms with Crippen molar-refractivity contribution in [3.05, 3.63) is 143 Å². The Hall–Kier alpha value is -4.06. The highest BCUT2D eigenvalue weighted by atomic mass is 19.1. The van der Waals surface area contributed by atoms with Gasteiger partial charge < -0.3 is 0 Å². The Kier molecular flexibility index (Phi) is 6.22. The summed E-state index contributed by atoms with van der Waals surface area (Å²) in [4.78, 5) is 0. The average Bonchev–Trinajstić information content (AvgIpc) is 2.80. The number of nitrogens with zero attached hydrogens (tertiary/aromatic N) is 2. The van der Waals surface area contributed by atoms with E-state index in [2.05, 4.69) is 10.2 Å². The molecule has 0 fully saturated rings. The first-order valence-corrected chi connectivity index (χ1v) is 9.71. The molecule has 0 bridgehead atoms. The minimum atomic E-state index is -0.832. The molecule has 0 radical (unpaired) electrons. The molecule has 32 heavy (non-hydrogen) atoms. The van der Waals surface area contributed by atoms with Crippen LogP contribution >= 0.6 is 0 Å². The van der Waals surface area contributed by atoms with Gasteiger partial charge in [-0.05, 0) is 24.3 Å². The zero-order valence-electron chi connectivity index (χ0n) is 16.6. The van der Waals surface area contributed by atoms with Crippen LogP contribution in [0.2, 0.25) is 0 Å². The van der Waals surface area contributed by atoms with Crippen LogP contribution in [0.3, 0.4) is 0 Å². The lowest BCUT2D eigenvalue weighted by atomic mass is 10.0. The fourth-order valence-corrected chi connectivity index (χ4v) is 3.24. The van der Waals surface area contributed by atoms with Gasteiger partial charge in [0.2, 0.25) is 0 Å². The van der Waals surface area contributed by atoms with E-state index in [1.807, 2.05) is 0 Å². The molecule has 0 aliphatic carbocycles. The highest BCUT2D eigenvalue weighted by Crippen LogP contribution is 2.21. The van der Waals surface area contributed by atoms with Crippen LogP contribution in [-0.2, 0) is 0 Å². The topological polar surface area (TPSA) is 24.7 Å². The van der Waals surface area contributed by atoms with E-state index in [4.69, 9.17) is 0 Å². The van der Waals surface area contributed by atoms with Crippen molar-refractivity contribution in [3.63, 3.8) is 0 Å². The predicted octanol–water partition coefficient (Wildman–Crippen LogP) is 6.53. The van der Waals surface area contributed by atoms with E-state index in [1.165, 1.54) is 12.1 Å². The van der Waals surface area contributed by atoms with Crippen molar-refractivity contribution >= 4 is 11.4 Å². The Balaban J connectivity index is 1.99. The molecule has 0 amide bonds. The summed E-state index contributed by atoms with van der Waals surface area (Å²) in [7, 11) is 0. The lowest BCUT2D eigenvalue weighted by molar-refractivity contribution is 0.577. The molecule has 2 nitrogen and oxygen atoms in total. The van der Waals surface area contributed by atoms with Crippen LogP contribution in [0.5, 0.6) is 0 Å². The summed E-state index contributed by atoms with van der Waals surface area (Å²) >= 11 is 0. The second-order valence-corrected chi connectivity index (χ2v) is 6.82. The molecular weight excluding hydrogens is 416 g/mol. The van der Waals surface area contributed by atoms with Gasteiger partial charge in [-0.25, -0.2) is 17.6 Å². The maximum atomic E-state index is 14.6. The largest absolute Gasteiger partial charge is 0.206 e. The Labute approximate surface area is 182 Å².